The van der Waals surface area contributed by atoms with Gasteiger partial charge in [-0.3, -0.25) is 9.57 Å². The van der Waals surface area contributed by atoms with E-state index in [0.717, 1.165) is 6.42 Å². The molecule has 0 aliphatic carbocycles. The van der Waals surface area contributed by atoms with Gasteiger partial charge in [-0.05, 0) is 18.8 Å². The van der Waals surface area contributed by atoms with Gasteiger partial charge in [0.05, 0.1) is 5.75 Å². The van der Waals surface area contributed by atoms with E-state index in [1.807, 2.05) is 13.8 Å². The summed E-state index contributed by atoms with van der Waals surface area (Å²) in [4.78, 5) is 14.2. The summed E-state index contributed by atoms with van der Waals surface area (Å²) in [5.74, 6) is 1.35. The van der Waals surface area contributed by atoms with Crippen LogP contribution in [-0.4, -0.2) is 39.6 Å². The molecule has 1 amide bonds. The van der Waals surface area contributed by atoms with Crippen LogP contribution in [0.5, 0.6) is 0 Å². The van der Waals surface area contributed by atoms with Crippen molar-refractivity contribution in [2.24, 2.45) is 11.3 Å². The van der Waals surface area contributed by atoms with Gasteiger partial charge in [0.1, 0.15) is 0 Å². The summed E-state index contributed by atoms with van der Waals surface area (Å²) >= 11 is 0. The number of hydrogen-bond acceptors (Lipinski definition) is 3. The molecule has 1 N–H and O–H groups in total. The third-order valence-corrected chi connectivity index (χ3v) is 5.43. The maximum absolute atomic E-state index is 12.5. The molecule has 0 saturated carbocycles. The summed E-state index contributed by atoms with van der Waals surface area (Å²) in [6, 6.07) is -0.0195. The first kappa shape index (κ1) is 15.5. The summed E-state index contributed by atoms with van der Waals surface area (Å²) < 4.78 is 19.3. The van der Waals surface area contributed by atoms with Crippen LogP contribution in [0.1, 0.15) is 40.5 Å². The van der Waals surface area contributed by atoms with Crippen molar-refractivity contribution in [3.63, 3.8) is 0 Å². The van der Waals surface area contributed by atoms with E-state index in [0.29, 0.717) is 23.8 Å². The number of hydrogen-bond donors (Lipinski definition) is 1. The second-order valence-corrected chi connectivity index (χ2v) is 8.89. The van der Waals surface area contributed by atoms with Gasteiger partial charge in [0.15, 0.2) is 0 Å². The van der Waals surface area contributed by atoms with E-state index in [4.69, 9.17) is 4.78 Å². The predicted octanol–water partition coefficient (Wildman–Crippen LogP) is 2.34. The average molecular weight is 274 g/mol. The molecule has 0 radical (unpaired) electrons. The molecule has 0 spiro atoms. The van der Waals surface area contributed by atoms with E-state index < -0.39 is 9.73 Å². The van der Waals surface area contributed by atoms with Gasteiger partial charge in [-0.15, -0.1) is 0 Å². The molecule has 1 fully saturated rings. The van der Waals surface area contributed by atoms with E-state index >= 15 is 0 Å². The third-order valence-electron chi connectivity index (χ3n) is 3.61. The van der Waals surface area contributed by atoms with Crippen molar-refractivity contribution in [2.45, 2.75) is 46.6 Å². The summed E-state index contributed by atoms with van der Waals surface area (Å²) in [6.45, 7) is 8.17. The molecule has 5 heteroatoms. The summed E-state index contributed by atoms with van der Waals surface area (Å²) in [5, 5.41) is 0. The van der Waals surface area contributed by atoms with Gasteiger partial charge in [0, 0.05) is 34.0 Å². The maximum atomic E-state index is 12.5. The van der Waals surface area contributed by atoms with Crippen molar-refractivity contribution >= 4 is 15.6 Å². The average Bonchev–Trinajstić information content (AvgIpc) is 2.54. The Morgan fingerprint density at radius 3 is 2.44 bits per heavy atom. The van der Waals surface area contributed by atoms with E-state index in [2.05, 4.69) is 13.8 Å². The number of nitrogens with one attached hydrogen (secondary N) is 1. The molecule has 2 unspecified atom stereocenters. The number of amides is 1. The highest BCUT2D eigenvalue weighted by Crippen LogP contribution is 2.29. The van der Waals surface area contributed by atoms with Crippen LogP contribution in [0.3, 0.4) is 0 Å². The lowest BCUT2D eigenvalue weighted by Crippen LogP contribution is -2.45. The second kappa shape index (κ2) is 5.19. The molecular formula is C13H26N2O2S. The fourth-order valence-corrected chi connectivity index (χ4v) is 4.69. The lowest BCUT2D eigenvalue weighted by molar-refractivity contribution is -0.141. The fourth-order valence-electron chi connectivity index (χ4n) is 2.86. The van der Waals surface area contributed by atoms with Gasteiger partial charge in [0.25, 0.3) is 0 Å². The molecule has 4 nitrogen and oxygen atoms in total. The minimum atomic E-state index is -2.44. The van der Waals surface area contributed by atoms with Crippen LogP contribution in [0.2, 0.25) is 0 Å². The zero-order valence-corrected chi connectivity index (χ0v) is 13.0. The number of carbonyl (C=O) groups is 1. The van der Waals surface area contributed by atoms with E-state index in [-0.39, 0.29) is 17.4 Å². The van der Waals surface area contributed by atoms with Gasteiger partial charge < -0.3 is 4.90 Å². The summed E-state index contributed by atoms with van der Waals surface area (Å²) in [7, 11) is -0.649. The van der Waals surface area contributed by atoms with Crippen LogP contribution in [0.25, 0.3) is 0 Å². The Kier molecular flexibility index (Phi) is 4.47. The highest BCUT2D eigenvalue weighted by atomic mass is 32.2. The van der Waals surface area contributed by atoms with Gasteiger partial charge in [-0.1, -0.05) is 27.7 Å². The van der Waals surface area contributed by atoms with Crippen molar-refractivity contribution in [1.29, 1.82) is 4.78 Å². The zero-order valence-electron chi connectivity index (χ0n) is 12.2. The quantitative estimate of drug-likeness (QED) is 0.855. The summed E-state index contributed by atoms with van der Waals surface area (Å²) in [6.07, 6.45) is 1.54. The summed E-state index contributed by atoms with van der Waals surface area (Å²) in [5.41, 5.74) is -0.381. The van der Waals surface area contributed by atoms with Crippen molar-refractivity contribution in [2.75, 3.05) is 18.6 Å². The SMILES string of the molecule is CC(C)CC(C)(C)C(=O)N(C)C1CCS(=N)(=O)C1. The van der Waals surface area contributed by atoms with Crippen LogP contribution in [0.15, 0.2) is 0 Å². The first-order chi connectivity index (χ1) is 8.05. The van der Waals surface area contributed by atoms with E-state index in [1.165, 1.54) is 0 Å². The van der Waals surface area contributed by atoms with Crippen molar-refractivity contribution in [1.82, 2.24) is 4.90 Å². The molecule has 0 aromatic heterocycles. The molecule has 18 heavy (non-hydrogen) atoms. The van der Waals surface area contributed by atoms with E-state index in [1.54, 1.807) is 11.9 Å². The minimum Gasteiger partial charge on any atom is -0.341 e. The highest BCUT2D eigenvalue weighted by Gasteiger charge is 2.37. The lowest BCUT2D eigenvalue weighted by Gasteiger charge is -2.33. The number of carbonyl (C=O) groups excluding carboxylic acids is 1. The Labute approximate surface area is 111 Å². The fraction of sp³-hybridized carbons (Fsp3) is 0.923. The molecule has 1 saturated heterocycles. The molecular weight excluding hydrogens is 248 g/mol. The molecule has 0 aromatic rings. The Balaban J connectivity index is 2.73. The molecule has 2 atom stereocenters. The van der Waals surface area contributed by atoms with Gasteiger partial charge in [-0.25, -0.2) is 4.21 Å². The largest absolute Gasteiger partial charge is 0.341 e. The van der Waals surface area contributed by atoms with Crippen molar-refractivity contribution < 1.29 is 9.00 Å². The Bertz CT molecular complexity index is 413. The standard InChI is InChI=1S/C13H26N2O2S/c1-10(2)8-13(3,4)12(16)15(5)11-6-7-18(14,17)9-11/h10-11,14H,6-9H2,1-5H3. The minimum absolute atomic E-state index is 0.0195. The van der Waals surface area contributed by atoms with Crippen molar-refractivity contribution in [3.8, 4) is 0 Å². The second-order valence-electron chi connectivity index (χ2n) is 6.52. The molecule has 0 aromatic carbocycles. The molecule has 1 rings (SSSR count). The van der Waals surface area contributed by atoms with Gasteiger partial charge in [-0.2, -0.15) is 0 Å². The first-order valence-electron chi connectivity index (χ1n) is 6.56. The Morgan fingerprint density at radius 2 is 2.06 bits per heavy atom. The van der Waals surface area contributed by atoms with Crippen LogP contribution >= 0.6 is 0 Å². The number of nitrogens with zero attached hydrogens (tertiary/aromatic N) is 1. The Hall–Kier alpha value is -0.580. The van der Waals surface area contributed by atoms with Gasteiger partial charge >= 0.3 is 0 Å². The topological polar surface area (TPSA) is 61.2 Å². The van der Waals surface area contributed by atoms with Crippen LogP contribution < -0.4 is 0 Å². The normalized spacial score (nSPS) is 28.7. The molecule has 1 aliphatic heterocycles. The van der Waals surface area contributed by atoms with Crippen molar-refractivity contribution in [3.05, 3.63) is 0 Å². The third kappa shape index (κ3) is 3.70. The molecule has 0 bridgehead atoms. The molecule has 1 heterocycles. The number of rotatable bonds is 4. The smallest absolute Gasteiger partial charge is 0.228 e. The predicted molar refractivity (Wildman–Crippen MR) is 75.0 cm³/mol. The molecule has 1 aliphatic rings. The first-order valence-corrected chi connectivity index (χ1v) is 8.46. The molecule has 106 valence electrons. The lowest BCUT2D eigenvalue weighted by atomic mass is 9.82. The highest BCUT2D eigenvalue weighted by molar-refractivity contribution is 7.92. The maximum Gasteiger partial charge on any atom is 0.228 e. The van der Waals surface area contributed by atoms with Crippen LogP contribution in [0.4, 0.5) is 0 Å². The van der Waals surface area contributed by atoms with E-state index in [9.17, 15) is 9.00 Å². The zero-order chi connectivity index (χ0) is 14.1. The monoisotopic (exact) mass is 274 g/mol. The Morgan fingerprint density at radius 1 is 1.50 bits per heavy atom. The van der Waals surface area contributed by atoms with Crippen LogP contribution in [-0.2, 0) is 14.5 Å². The van der Waals surface area contributed by atoms with Crippen LogP contribution in [0, 0.1) is 16.1 Å². The van der Waals surface area contributed by atoms with Gasteiger partial charge in [0.2, 0.25) is 5.91 Å².